The molecule has 2 aromatic rings. The van der Waals surface area contributed by atoms with E-state index in [2.05, 4.69) is 5.10 Å². The SMILES string of the molecule is CCN(c1ccccc1F)C(CN)c1cnn(C)c1C. The Morgan fingerprint density at radius 2 is 2.10 bits per heavy atom. The van der Waals surface area contributed by atoms with Gasteiger partial charge in [-0.3, -0.25) is 4.68 Å². The standard InChI is InChI=1S/C15H21FN4/c1-4-20(14-8-6-5-7-13(14)16)15(9-17)12-10-18-19(3)11(12)2/h5-8,10,15H,4,9,17H2,1-3H3. The quantitative estimate of drug-likeness (QED) is 0.912. The van der Waals surface area contributed by atoms with E-state index in [1.54, 1.807) is 12.1 Å². The van der Waals surface area contributed by atoms with Crippen LogP contribution in [-0.2, 0) is 7.05 Å². The molecule has 0 saturated heterocycles. The van der Waals surface area contributed by atoms with Crippen LogP contribution < -0.4 is 10.6 Å². The van der Waals surface area contributed by atoms with Crippen LogP contribution in [0.3, 0.4) is 0 Å². The fourth-order valence-electron chi connectivity index (χ4n) is 2.51. The molecule has 0 aliphatic heterocycles. The molecule has 5 heteroatoms. The Hall–Kier alpha value is -1.88. The van der Waals surface area contributed by atoms with Gasteiger partial charge in [0.1, 0.15) is 5.82 Å². The highest BCUT2D eigenvalue weighted by Crippen LogP contribution is 2.29. The monoisotopic (exact) mass is 276 g/mol. The second kappa shape index (κ2) is 6.05. The molecular weight excluding hydrogens is 255 g/mol. The van der Waals surface area contributed by atoms with Gasteiger partial charge in [0, 0.05) is 31.4 Å². The summed E-state index contributed by atoms with van der Waals surface area (Å²) >= 11 is 0. The molecule has 1 aromatic heterocycles. The van der Waals surface area contributed by atoms with E-state index < -0.39 is 0 Å². The van der Waals surface area contributed by atoms with Gasteiger partial charge in [0.2, 0.25) is 0 Å². The molecule has 2 rings (SSSR count). The van der Waals surface area contributed by atoms with E-state index in [-0.39, 0.29) is 11.9 Å². The molecule has 0 aliphatic carbocycles. The minimum absolute atomic E-state index is 0.0781. The van der Waals surface area contributed by atoms with E-state index in [0.717, 1.165) is 11.3 Å². The van der Waals surface area contributed by atoms with Gasteiger partial charge in [-0.1, -0.05) is 12.1 Å². The molecule has 0 radical (unpaired) electrons. The molecule has 0 bridgehead atoms. The molecule has 108 valence electrons. The maximum absolute atomic E-state index is 14.0. The van der Waals surface area contributed by atoms with Crippen molar-refractivity contribution in [2.24, 2.45) is 12.8 Å². The van der Waals surface area contributed by atoms with Gasteiger partial charge in [0.15, 0.2) is 0 Å². The van der Waals surface area contributed by atoms with Crippen molar-refractivity contribution in [3.8, 4) is 0 Å². The lowest BCUT2D eigenvalue weighted by molar-refractivity contribution is 0.586. The molecule has 0 spiro atoms. The highest BCUT2D eigenvalue weighted by molar-refractivity contribution is 5.50. The summed E-state index contributed by atoms with van der Waals surface area (Å²) in [4.78, 5) is 1.99. The van der Waals surface area contributed by atoms with Crippen molar-refractivity contribution in [2.75, 3.05) is 18.0 Å². The number of hydrogen-bond donors (Lipinski definition) is 1. The van der Waals surface area contributed by atoms with Crippen LogP contribution in [0.4, 0.5) is 10.1 Å². The lowest BCUT2D eigenvalue weighted by atomic mass is 10.1. The highest BCUT2D eigenvalue weighted by atomic mass is 19.1. The number of aromatic nitrogens is 2. The van der Waals surface area contributed by atoms with Crippen molar-refractivity contribution in [1.82, 2.24) is 9.78 Å². The van der Waals surface area contributed by atoms with Crippen LogP contribution in [-0.4, -0.2) is 22.9 Å². The molecule has 2 N–H and O–H groups in total. The van der Waals surface area contributed by atoms with Gasteiger partial charge < -0.3 is 10.6 Å². The Morgan fingerprint density at radius 1 is 1.40 bits per heavy atom. The number of anilines is 1. The third kappa shape index (κ3) is 2.54. The predicted molar refractivity (Wildman–Crippen MR) is 79.2 cm³/mol. The topological polar surface area (TPSA) is 47.1 Å². The second-order valence-electron chi connectivity index (χ2n) is 4.80. The number of para-hydroxylation sites is 1. The second-order valence-corrected chi connectivity index (χ2v) is 4.80. The molecule has 0 aliphatic rings. The van der Waals surface area contributed by atoms with Crippen LogP contribution >= 0.6 is 0 Å². The van der Waals surface area contributed by atoms with Crippen molar-refractivity contribution >= 4 is 5.69 Å². The van der Waals surface area contributed by atoms with Crippen LogP contribution in [0.1, 0.15) is 24.2 Å². The van der Waals surface area contributed by atoms with Gasteiger partial charge in [-0.2, -0.15) is 5.10 Å². The molecule has 0 amide bonds. The van der Waals surface area contributed by atoms with Gasteiger partial charge in [-0.25, -0.2) is 4.39 Å². The summed E-state index contributed by atoms with van der Waals surface area (Å²) in [6.07, 6.45) is 1.82. The van der Waals surface area contributed by atoms with Gasteiger partial charge in [0.05, 0.1) is 17.9 Å². The fraction of sp³-hybridized carbons (Fsp3) is 0.400. The zero-order valence-electron chi connectivity index (χ0n) is 12.2. The molecule has 4 nitrogen and oxygen atoms in total. The average molecular weight is 276 g/mol. The molecule has 1 heterocycles. The molecule has 0 saturated carbocycles. The smallest absolute Gasteiger partial charge is 0.146 e. The molecular formula is C15H21FN4. The summed E-state index contributed by atoms with van der Waals surface area (Å²) in [6, 6.07) is 6.71. The molecule has 20 heavy (non-hydrogen) atoms. The van der Waals surface area contributed by atoms with Crippen LogP contribution in [0, 0.1) is 12.7 Å². The predicted octanol–water partition coefficient (Wildman–Crippen LogP) is 2.39. The average Bonchev–Trinajstić information content (AvgIpc) is 2.78. The Kier molecular flexibility index (Phi) is 4.39. The van der Waals surface area contributed by atoms with Crippen LogP contribution in [0.15, 0.2) is 30.5 Å². The number of likely N-dealkylation sites (N-methyl/N-ethyl adjacent to an activating group) is 1. The van der Waals surface area contributed by atoms with Crippen molar-refractivity contribution in [1.29, 1.82) is 0 Å². The number of benzene rings is 1. The number of hydrogen-bond acceptors (Lipinski definition) is 3. The summed E-state index contributed by atoms with van der Waals surface area (Å²) in [6.45, 7) is 5.09. The van der Waals surface area contributed by atoms with Crippen molar-refractivity contribution < 1.29 is 4.39 Å². The largest absolute Gasteiger partial charge is 0.361 e. The summed E-state index contributed by atoms with van der Waals surface area (Å²) in [5, 5.41) is 4.26. The summed E-state index contributed by atoms with van der Waals surface area (Å²) in [5.41, 5.74) is 8.62. The summed E-state index contributed by atoms with van der Waals surface area (Å²) in [5.74, 6) is -0.227. The third-order valence-corrected chi connectivity index (χ3v) is 3.73. The number of nitrogens with two attached hydrogens (primary N) is 1. The Labute approximate surface area is 119 Å². The third-order valence-electron chi connectivity index (χ3n) is 3.73. The first-order valence-electron chi connectivity index (χ1n) is 6.79. The first-order chi connectivity index (χ1) is 9.60. The lowest BCUT2D eigenvalue weighted by Crippen LogP contribution is -2.34. The lowest BCUT2D eigenvalue weighted by Gasteiger charge is -2.32. The van der Waals surface area contributed by atoms with Crippen molar-refractivity contribution in [3.05, 3.63) is 47.5 Å². The minimum atomic E-state index is -0.227. The Balaban J connectivity index is 2.43. The molecule has 1 unspecified atom stereocenters. The van der Waals surface area contributed by atoms with E-state index in [1.165, 1.54) is 6.07 Å². The van der Waals surface area contributed by atoms with Gasteiger partial charge in [-0.05, 0) is 26.0 Å². The van der Waals surface area contributed by atoms with E-state index in [0.29, 0.717) is 18.8 Å². The molecule has 1 aromatic carbocycles. The van der Waals surface area contributed by atoms with Gasteiger partial charge in [0.25, 0.3) is 0 Å². The fourth-order valence-corrected chi connectivity index (χ4v) is 2.51. The zero-order chi connectivity index (χ0) is 14.7. The van der Waals surface area contributed by atoms with Crippen LogP contribution in [0.25, 0.3) is 0 Å². The number of halogens is 1. The minimum Gasteiger partial charge on any atom is -0.361 e. The van der Waals surface area contributed by atoms with Crippen LogP contribution in [0.2, 0.25) is 0 Å². The summed E-state index contributed by atoms with van der Waals surface area (Å²) < 4.78 is 15.9. The highest BCUT2D eigenvalue weighted by Gasteiger charge is 2.23. The number of nitrogens with zero attached hydrogens (tertiary/aromatic N) is 3. The number of aryl methyl sites for hydroxylation is 1. The zero-order valence-corrected chi connectivity index (χ0v) is 12.2. The van der Waals surface area contributed by atoms with E-state index in [1.807, 2.05) is 42.7 Å². The number of rotatable bonds is 5. The first-order valence-corrected chi connectivity index (χ1v) is 6.79. The van der Waals surface area contributed by atoms with Gasteiger partial charge in [-0.15, -0.1) is 0 Å². The van der Waals surface area contributed by atoms with Crippen molar-refractivity contribution in [3.63, 3.8) is 0 Å². The maximum Gasteiger partial charge on any atom is 0.146 e. The molecule has 0 fully saturated rings. The van der Waals surface area contributed by atoms with E-state index >= 15 is 0 Å². The van der Waals surface area contributed by atoms with Crippen molar-refractivity contribution in [2.45, 2.75) is 19.9 Å². The van der Waals surface area contributed by atoms with E-state index in [9.17, 15) is 4.39 Å². The first kappa shape index (κ1) is 14.5. The van der Waals surface area contributed by atoms with E-state index in [4.69, 9.17) is 5.73 Å². The maximum atomic E-state index is 14.0. The Morgan fingerprint density at radius 3 is 2.60 bits per heavy atom. The molecule has 1 atom stereocenters. The van der Waals surface area contributed by atoms with Gasteiger partial charge >= 0.3 is 0 Å². The normalized spacial score (nSPS) is 12.4. The Bertz CT molecular complexity index is 579. The van der Waals surface area contributed by atoms with Crippen LogP contribution in [0.5, 0.6) is 0 Å². The summed E-state index contributed by atoms with van der Waals surface area (Å²) in [7, 11) is 1.89.